The van der Waals surface area contributed by atoms with Crippen LogP contribution in [-0.2, 0) is 6.42 Å². The van der Waals surface area contributed by atoms with Crippen molar-refractivity contribution in [2.45, 2.75) is 71.5 Å². The molecule has 1 heterocycles. The van der Waals surface area contributed by atoms with E-state index in [1.165, 1.54) is 5.57 Å². The molecule has 2 aliphatic carbocycles. The van der Waals surface area contributed by atoms with Crippen molar-refractivity contribution in [3.8, 4) is 0 Å². The fourth-order valence-corrected chi connectivity index (χ4v) is 5.13. The summed E-state index contributed by atoms with van der Waals surface area (Å²) < 4.78 is 5.16. The first-order valence-electron chi connectivity index (χ1n) is 8.85. The zero-order valence-corrected chi connectivity index (χ0v) is 14.8. The van der Waals surface area contributed by atoms with Gasteiger partial charge in [-0.1, -0.05) is 45.8 Å². The van der Waals surface area contributed by atoms with Crippen LogP contribution < -0.4 is 0 Å². The first-order valence-corrected chi connectivity index (χ1v) is 8.85. The van der Waals surface area contributed by atoms with Crippen molar-refractivity contribution in [3.63, 3.8) is 0 Å². The molecule has 128 valence electrons. The fraction of sp³-hybridized carbons (Fsp3) is 0.700. The van der Waals surface area contributed by atoms with Crippen LogP contribution in [0, 0.1) is 16.7 Å². The Morgan fingerprint density at radius 1 is 1.26 bits per heavy atom. The van der Waals surface area contributed by atoms with E-state index in [2.05, 4.69) is 20.8 Å². The molecular weight excluding hydrogens is 288 g/mol. The van der Waals surface area contributed by atoms with Gasteiger partial charge in [-0.05, 0) is 42.7 Å². The van der Waals surface area contributed by atoms with Gasteiger partial charge in [0.1, 0.15) is 0 Å². The predicted molar refractivity (Wildman–Crippen MR) is 91.0 cm³/mol. The molecule has 0 aliphatic heterocycles. The van der Waals surface area contributed by atoms with Crippen LogP contribution in [0.4, 0.5) is 0 Å². The lowest BCUT2D eigenvalue weighted by Crippen LogP contribution is -2.61. The number of hydrogen-bond donors (Lipinski definition) is 2. The Balaban J connectivity index is 1.98. The number of aliphatic hydroxyl groups excluding tert-OH is 1. The summed E-state index contributed by atoms with van der Waals surface area (Å²) in [5.74, 6) is -0.169. The van der Waals surface area contributed by atoms with Gasteiger partial charge in [-0.3, -0.25) is 0 Å². The lowest BCUT2D eigenvalue weighted by molar-refractivity contribution is -0.153. The Morgan fingerprint density at radius 3 is 2.65 bits per heavy atom. The van der Waals surface area contributed by atoms with E-state index in [0.717, 1.165) is 31.2 Å². The molecule has 0 bridgehead atoms. The molecule has 2 aliphatic rings. The maximum atomic E-state index is 11.8. The van der Waals surface area contributed by atoms with Gasteiger partial charge in [-0.15, -0.1) is 0 Å². The van der Waals surface area contributed by atoms with Gasteiger partial charge in [0.05, 0.1) is 24.2 Å². The Kier molecular flexibility index (Phi) is 4.01. The minimum atomic E-state index is -0.897. The van der Waals surface area contributed by atoms with Crippen LogP contribution in [0.3, 0.4) is 0 Å². The SMILES string of the molecule is CC1C(O)C=C2C(C)(C)CCCC2(C)C1(O)CCc1ccoc1. The molecule has 23 heavy (non-hydrogen) atoms. The van der Waals surface area contributed by atoms with Crippen LogP contribution in [0.5, 0.6) is 0 Å². The monoisotopic (exact) mass is 318 g/mol. The summed E-state index contributed by atoms with van der Waals surface area (Å²) in [4.78, 5) is 0. The summed E-state index contributed by atoms with van der Waals surface area (Å²) in [7, 11) is 0. The topological polar surface area (TPSA) is 53.6 Å². The summed E-state index contributed by atoms with van der Waals surface area (Å²) in [5, 5.41) is 22.4. The second kappa shape index (κ2) is 5.49. The van der Waals surface area contributed by atoms with Crippen molar-refractivity contribution in [1.29, 1.82) is 0 Å². The average Bonchev–Trinajstić information content (AvgIpc) is 2.99. The van der Waals surface area contributed by atoms with Gasteiger partial charge in [0.2, 0.25) is 0 Å². The van der Waals surface area contributed by atoms with Gasteiger partial charge >= 0.3 is 0 Å². The first-order chi connectivity index (χ1) is 10.7. The Morgan fingerprint density at radius 2 is 2.00 bits per heavy atom. The lowest BCUT2D eigenvalue weighted by Gasteiger charge is -2.59. The van der Waals surface area contributed by atoms with Crippen LogP contribution >= 0.6 is 0 Å². The molecule has 3 rings (SSSR count). The number of aryl methyl sites for hydroxylation is 1. The molecule has 1 fully saturated rings. The van der Waals surface area contributed by atoms with E-state index < -0.39 is 11.7 Å². The number of furan rings is 1. The van der Waals surface area contributed by atoms with Gasteiger partial charge in [0, 0.05) is 11.3 Å². The molecule has 2 N–H and O–H groups in total. The molecule has 0 spiro atoms. The Hall–Kier alpha value is -1.06. The molecule has 0 amide bonds. The van der Waals surface area contributed by atoms with Gasteiger partial charge in [0.25, 0.3) is 0 Å². The standard InChI is InChI=1S/C20H30O3/c1-14-16(21)12-17-18(2,3)8-5-9-19(17,4)20(14,22)10-6-15-7-11-23-13-15/h7,11-14,16,21-22H,5-6,8-10H2,1-4H3. The van der Waals surface area contributed by atoms with Gasteiger partial charge in [-0.2, -0.15) is 0 Å². The summed E-state index contributed by atoms with van der Waals surface area (Å²) >= 11 is 0. The van der Waals surface area contributed by atoms with Crippen molar-refractivity contribution in [1.82, 2.24) is 0 Å². The molecular formula is C20H30O3. The third-order valence-corrected chi connectivity index (χ3v) is 6.74. The van der Waals surface area contributed by atoms with E-state index in [-0.39, 0.29) is 16.7 Å². The van der Waals surface area contributed by atoms with E-state index in [9.17, 15) is 10.2 Å². The van der Waals surface area contributed by atoms with Crippen molar-refractivity contribution in [3.05, 3.63) is 35.8 Å². The highest BCUT2D eigenvalue weighted by Gasteiger charge is 2.59. The smallest absolute Gasteiger partial charge is 0.0934 e. The van der Waals surface area contributed by atoms with E-state index in [1.54, 1.807) is 12.5 Å². The fourth-order valence-electron chi connectivity index (χ4n) is 5.13. The minimum Gasteiger partial charge on any atom is -0.472 e. The second-order valence-corrected chi connectivity index (χ2v) is 8.49. The summed E-state index contributed by atoms with van der Waals surface area (Å²) in [5.41, 5.74) is 1.23. The normalized spacial score (nSPS) is 39.7. The van der Waals surface area contributed by atoms with E-state index in [0.29, 0.717) is 6.42 Å². The maximum absolute atomic E-state index is 11.8. The van der Waals surface area contributed by atoms with Crippen molar-refractivity contribution in [2.75, 3.05) is 0 Å². The highest BCUT2D eigenvalue weighted by Crippen LogP contribution is 2.61. The van der Waals surface area contributed by atoms with Crippen molar-refractivity contribution >= 4 is 0 Å². The Labute approximate surface area is 139 Å². The summed E-state index contributed by atoms with van der Waals surface area (Å²) in [6.07, 6.45) is 9.53. The summed E-state index contributed by atoms with van der Waals surface area (Å²) in [6, 6.07) is 1.96. The molecule has 3 heteroatoms. The number of aliphatic hydroxyl groups is 2. The molecule has 3 nitrogen and oxygen atoms in total. The molecule has 0 radical (unpaired) electrons. The van der Waals surface area contributed by atoms with Crippen LogP contribution in [-0.4, -0.2) is 21.9 Å². The first kappa shape index (κ1) is 16.8. The molecule has 1 saturated carbocycles. The molecule has 4 atom stereocenters. The zero-order valence-electron chi connectivity index (χ0n) is 14.8. The highest BCUT2D eigenvalue weighted by atomic mass is 16.3. The van der Waals surface area contributed by atoms with Gasteiger partial charge in [-0.25, -0.2) is 0 Å². The van der Waals surface area contributed by atoms with E-state index in [1.807, 2.05) is 19.1 Å². The second-order valence-electron chi connectivity index (χ2n) is 8.49. The Bertz CT molecular complexity index is 586. The molecule has 1 aromatic rings. The average molecular weight is 318 g/mol. The number of rotatable bonds is 3. The van der Waals surface area contributed by atoms with Crippen LogP contribution in [0.15, 0.2) is 34.7 Å². The predicted octanol–water partition coefficient (Wildman–Crippen LogP) is 4.10. The largest absolute Gasteiger partial charge is 0.472 e. The van der Waals surface area contributed by atoms with E-state index >= 15 is 0 Å². The quantitative estimate of drug-likeness (QED) is 0.825. The molecule has 1 aromatic heterocycles. The maximum Gasteiger partial charge on any atom is 0.0934 e. The summed E-state index contributed by atoms with van der Waals surface area (Å²) in [6.45, 7) is 8.68. The molecule has 4 unspecified atom stereocenters. The minimum absolute atomic E-state index is 0.0394. The van der Waals surface area contributed by atoms with Crippen molar-refractivity contribution in [2.24, 2.45) is 16.7 Å². The van der Waals surface area contributed by atoms with Crippen LogP contribution in [0.25, 0.3) is 0 Å². The highest BCUT2D eigenvalue weighted by molar-refractivity contribution is 5.34. The number of hydrogen-bond acceptors (Lipinski definition) is 3. The zero-order chi connectivity index (χ0) is 16.9. The molecule has 0 saturated heterocycles. The lowest BCUT2D eigenvalue weighted by atomic mass is 9.48. The van der Waals surface area contributed by atoms with Crippen LogP contribution in [0.2, 0.25) is 0 Å². The van der Waals surface area contributed by atoms with Crippen LogP contribution in [0.1, 0.15) is 58.9 Å². The van der Waals surface area contributed by atoms with Gasteiger partial charge < -0.3 is 14.6 Å². The molecule has 0 aromatic carbocycles. The third-order valence-electron chi connectivity index (χ3n) is 6.74. The number of fused-ring (bicyclic) bond motifs is 1. The van der Waals surface area contributed by atoms with E-state index in [4.69, 9.17) is 4.42 Å². The van der Waals surface area contributed by atoms with Gasteiger partial charge in [0.15, 0.2) is 0 Å². The van der Waals surface area contributed by atoms with Crippen molar-refractivity contribution < 1.29 is 14.6 Å². The third kappa shape index (κ3) is 2.49.